The van der Waals surface area contributed by atoms with Crippen LogP contribution in [0.15, 0.2) is 35.7 Å². The Morgan fingerprint density at radius 1 is 1.29 bits per heavy atom. The molecule has 1 heterocycles. The zero-order valence-electron chi connectivity index (χ0n) is 9.77. The fourth-order valence-electron chi connectivity index (χ4n) is 1.62. The highest BCUT2D eigenvalue weighted by molar-refractivity contribution is 7.13. The highest BCUT2D eigenvalue weighted by atomic mass is 35.5. The zero-order chi connectivity index (χ0) is 12.1. The third-order valence-electron chi connectivity index (χ3n) is 2.55. The van der Waals surface area contributed by atoms with Crippen LogP contribution in [0.4, 0.5) is 5.13 Å². The molecular weight excluding hydrogens is 252 g/mol. The van der Waals surface area contributed by atoms with Gasteiger partial charge in [0.1, 0.15) is 0 Å². The number of aromatic nitrogens is 1. The smallest absolute Gasteiger partial charge is 0.185 e. The van der Waals surface area contributed by atoms with E-state index in [1.807, 2.05) is 11.4 Å². The fourth-order valence-corrected chi connectivity index (χ4v) is 2.74. The molecule has 0 spiro atoms. The minimum atomic E-state index is 0.486. The van der Waals surface area contributed by atoms with Crippen molar-refractivity contribution in [1.29, 1.82) is 0 Å². The largest absolute Gasteiger partial charge is 0.344 e. The lowest BCUT2D eigenvalue weighted by atomic mass is 10.2. The predicted molar refractivity (Wildman–Crippen MR) is 74.8 cm³/mol. The van der Waals surface area contributed by atoms with Gasteiger partial charge < -0.3 is 4.90 Å². The van der Waals surface area contributed by atoms with E-state index in [4.69, 9.17) is 11.6 Å². The second kappa shape index (κ2) is 6.03. The Morgan fingerprint density at radius 2 is 2.06 bits per heavy atom. The Hall–Kier alpha value is -1.06. The van der Waals surface area contributed by atoms with Gasteiger partial charge in [0.2, 0.25) is 0 Å². The molecule has 0 bridgehead atoms. The molecular formula is C13H15ClN2S. The van der Waals surface area contributed by atoms with Gasteiger partial charge in [-0.25, -0.2) is 4.98 Å². The van der Waals surface area contributed by atoms with Gasteiger partial charge >= 0.3 is 0 Å². The van der Waals surface area contributed by atoms with E-state index in [0.29, 0.717) is 5.88 Å². The number of anilines is 1. The number of benzene rings is 1. The summed E-state index contributed by atoms with van der Waals surface area (Å²) in [4.78, 5) is 6.77. The lowest BCUT2D eigenvalue weighted by Crippen LogP contribution is -2.21. The van der Waals surface area contributed by atoms with E-state index in [1.54, 1.807) is 11.3 Å². The van der Waals surface area contributed by atoms with E-state index in [1.165, 1.54) is 5.56 Å². The second-order valence-corrected chi connectivity index (χ2v) is 4.86. The van der Waals surface area contributed by atoms with Crippen LogP contribution < -0.4 is 4.90 Å². The molecule has 0 aliphatic rings. The normalized spacial score (nSPS) is 10.5. The second-order valence-electron chi connectivity index (χ2n) is 3.75. The summed E-state index contributed by atoms with van der Waals surface area (Å²) < 4.78 is 0. The van der Waals surface area contributed by atoms with Crippen LogP contribution in [-0.4, -0.2) is 11.5 Å². The van der Waals surface area contributed by atoms with Crippen LogP contribution in [0.25, 0.3) is 0 Å². The first-order valence-electron chi connectivity index (χ1n) is 5.62. The Bertz CT molecular complexity index is 455. The molecule has 0 aliphatic heterocycles. The van der Waals surface area contributed by atoms with Crippen LogP contribution in [0, 0.1) is 0 Å². The van der Waals surface area contributed by atoms with Gasteiger partial charge in [-0.15, -0.1) is 22.9 Å². The average molecular weight is 267 g/mol. The van der Waals surface area contributed by atoms with E-state index in [9.17, 15) is 0 Å². The first-order chi connectivity index (χ1) is 8.33. The molecule has 17 heavy (non-hydrogen) atoms. The summed E-state index contributed by atoms with van der Waals surface area (Å²) in [7, 11) is 0. The number of thiazole rings is 1. The molecule has 0 amide bonds. The number of rotatable bonds is 5. The van der Waals surface area contributed by atoms with E-state index in [-0.39, 0.29) is 0 Å². The first kappa shape index (κ1) is 12.4. The van der Waals surface area contributed by atoms with Crippen molar-refractivity contribution < 1.29 is 0 Å². The van der Waals surface area contributed by atoms with Gasteiger partial charge in [-0.2, -0.15) is 0 Å². The molecule has 0 fully saturated rings. The van der Waals surface area contributed by atoms with Crippen molar-refractivity contribution in [3.63, 3.8) is 0 Å². The zero-order valence-corrected chi connectivity index (χ0v) is 11.3. The summed E-state index contributed by atoms with van der Waals surface area (Å²) >= 11 is 7.43. The van der Waals surface area contributed by atoms with Crippen LogP contribution in [0.3, 0.4) is 0 Å². The minimum Gasteiger partial charge on any atom is -0.344 e. The van der Waals surface area contributed by atoms with Crippen molar-refractivity contribution in [2.24, 2.45) is 0 Å². The Balaban J connectivity index is 2.11. The summed E-state index contributed by atoms with van der Waals surface area (Å²) in [6.07, 6.45) is 0. The number of halogens is 1. The van der Waals surface area contributed by atoms with E-state index in [0.717, 1.165) is 23.9 Å². The monoisotopic (exact) mass is 266 g/mol. The molecule has 4 heteroatoms. The summed E-state index contributed by atoms with van der Waals surface area (Å²) in [6, 6.07) is 10.4. The number of hydrogen-bond donors (Lipinski definition) is 0. The molecule has 0 N–H and O–H groups in total. The number of hydrogen-bond acceptors (Lipinski definition) is 3. The van der Waals surface area contributed by atoms with Crippen LogP contribution in [0.2, 0.25) is 0 Å². The van der Waals surface area contributed by atoms with Crippen LogP contribution in [-0.2, 0) is 12.4 Å². The van der Waals surface area contributed by atoms with E-state index >= 15 is 0 Å². The minimum absolute atomic E-state index is 0.486. The van der Waals surface area contributed by atoms with Gasteiger partial charge in [0.05, 0.1) is 11.6 Å². The van der Waals surface area contributed by atoms with Gasteiger partial charge in [0, 0.05) is 18.5 Å². The van der Waals surface area contributed by atoms with Crippen LogP contribution >= 0.6 is 22.9 Å². The SMILES string of the molecule is CCN(Cc1ccccc1)c1nc(CCl)cs1. The molecule has 2 rings (SSSR count). The fraction of sp³-hybridized carbons (Fsp3) is 0.308. The van der Waals surface area contributed by atoms with Crippen LogP contribution in [0.1, 0.15) is 18.2 Å². The lowest BCUT2D eigenvalue weighted by Gasteiger charge is -2.19. The Morgan fingerprint density at radius 3 is 2.65 bits per heavy atom. The predicted octanol–water partition coefficient (Wildman–Crippen LogP) is 3.91. The third kappa shape index (κ3) is 3.20. The number of alkyl halides is 1. The molecule has 0 radical (unpaired) electrons. The lowest BCUT2D eigenvalue weighted by molar-refractivity contribution is 0.824. The standard InChI is InChI=1S/C13H15ClN2S/c1-2-16(9-11-6-4-3-5-7-11)13-15-12(8-14)10-17-13/h3-7,10H,2,8-9H2,1H3. The molecule has 2 aromatic rings. The van der Waals surface area contributed by atoms with Gasteiger partial charge in [-0.3, -0.25) is 0 Å². The number of nitrogens with zero attached hydrogens (tertiary/aromatic N) is 2. The highest BCUT2D eigenvalue weighted by Crippen LogP contribution is 2.22. The maximum Gasteiger partial charge on any atom is 0.185 e. The summed E-state index contributed by atoms with van der Waals surface area (Å²) in [5.41, 5.74) is 2.26. The van der Waals surface area contributed by atoms with E-state index < -0.39 is 0 Å². The van der Waals surface area contributed by atoms with Crippen molar-refractivity contribution >= 4 is 28.1 Å². The molecule has 0 atom stereocenters. The molecule has 1 aromatic heterocycles. The maximum atomic E-state index is 5.77. The van der Waals surface area contributed by atoms with Crippen LogP contribution in [0.5, 0.6) is 0 Å². The van der Waals surface area contributed by atoms with Crippen molar-refractivity contribution in [3.05, 3.63) is 47.0 Å². The van der Waals surface area contributed by atoms with Gasteiger partial charge in [0.25, 0.3) is 0 Å². The molecule has 1 aromatic carbocycles. The maximum absolute atomic E-state index is 5.77. The van der Waals surface area contributed by atoms with Gasteiger partial charge in [-0.05, 0) is 12.5 Å². The van der Waals surface area contributed by atoms with Crippen molar-refractivity contribution in [3.8, 4) is 0 Å². The van der Waals surface area contributed by atoms with Crippen molar-refractivity contribution in [1.82, 2.24) is 4.98 Å². The summed E-state index contributed by atoms with van der Waals surface area (Å²) in [5.74, 6) is 0.486. The molecule has 0 unspecified atom stereocenters. The van der Waals surface area contributed by atoms with Gasteiger partial charge in [0.15, 0.2) is 5.13 Å². The average Bonchev–Trinajstić information content (AvgIpc) is 2.86. The van der Waals surface area contributed by atoms with Crippen molar-refractivity contribution in [2.75, 3.05) is 11.4 Å². The topological polar surface area (TPSA) is 16.1 Å². The Kier molecular flexibility index (Phi) is 4.40. The quantitative estimate of drug-likeness (QED) is 0.763. The first-order valence-corrected chi connectivity index (χ1v) is 7.04. The summed E-state index contributed by atoms with van der Waals surface area (Å²) in [6.45, 7) is 3.99. The molecule has 2 nitrogen and oxygen atoms in total. The van der Waals surface area contributed by atoms with Gasteiger partial charge in [-0.1, -0.05) is 30.3 Å². The van der Waals surface area contributed by atoms with E-state index in [2.05, 4.69) is 41.1 Å². The molecule has 0 aliphatic carbocycles. The third-order valence-corrected chi connectivity index (χ3v) is 3.77. The molecule has 0 saturated heterocycles. The molecule has 0 saturated carbocycles. The highest BCUT2D eigenvalue weighted by Gasteiger charge is 2.09. The summed E-state index contributed by atoms with van der Waals surface area (Å²) in [5, 5.41) is 3.07. The van der Waals surface area contributed by atoms with Crippen molar-refractivity contribution in [2.45, 2.75) is 19.3 Å². The Labute approximate surface area is 111 Å². The molecule has 90 valence electrons.